The highest BCUT2D eigenvalue weighted by atomic mass is 35.5. The maximum atomic E-state index is 10.7. The van der Waals surface area contributed by atoms with Gasteiger partial charge in [0.1, 0.15) is 17.3 Å². The van der Waals surface area contributed by atoms with Crippen molar-refractivity contribution in [2.45, 2.75) is 0 Å². The number of ether oxygens (including phenoxy) is 1. The Hall–Kier alpha value is -2.60. The summed E-state index contributed by atoms with van der Waals surface area (Å²) in [6.07, 6.45) is 0. The summed E-state index contributed by atoms with van der Waals surface area (Å²) in [5.74, 6) is 1.80. The van der Waals surface area contributed by atoms with Crippen LogP contribution in [0.25, 0.3) is 0 Å². The first-order chi connectivity index (χ1) is 10.9. The van der Waals surface area contributed by atoms with Crippen LogP contribution in [0, 0.1) is 10.1 Å². The van der Waals surface area contributed by atoms with Crippen molar-refractivity contribution in [3.05, 3.63) is 63.2 Å². The van der Waals surface area contributed by atoms with Gasteiger partial charge in [0, 0.05) is 38.8 Å². The molecule has 0 radical (unpaired) electrons. The van der Waals surface area contributed by atoms with E-state index in [0.29, 0.717) is 11.5 Å². The third kappa shape index (κ3) is 3.98. The highest BCUT2D eigenvalue weighted by molar-refractivity contribution is 6.32. The molecule has 0 fully saturated rings. The van der Waals surface area contributed by atoms with E-state index in [2.05, 4.69) is 4.99 Å². The molecule has 2 rings (SSSR count). The van der Waals surface area contributed by atoms with E-state index in [4.69, 9.17) is 16.3 Å². The van der Waals surface area contributed by atoms with Crippen molar-refractivity contribution in [2.75, 3.05) is 21.1 Å². The van der Waals surface area contributed by atoms with Crippen LogP contribution in [0.2, 0.25) is 5.02 Å². The molecule has 0 saturated heterocycles. The zero-order valence-corrected chi connectivity index (χ0v) is 13.7. The number of amidine groups is 1. The monoisotopic (exact) mass is 333 g/mol. The van der Waals surface area contributed by atoms with E-state index in [1.54, 1.807) is 19.2 Å². The third-order valence-corrected chi connectivity index (χ3v) is 3.40. The summed E-state index contributed by atoms with van der Waals surface area (Å²) in [5, 5.41) is 10.9. The molecule has 2 aromatic rings. The average molecular weight is 334 g/mol. The number of nitro benzene ring substituents is 1. The summed E-state index contributed by atoms with van der Waals surface area (Å²) in [4.78, 5) is 16.3. The van der Waals surface area contributed by atoms with E-state index in [1.165, 1.54) is 18.2 Å². The maximum absolute atomic E-state index is 10.7. The van der Waals surface area contributed by atoms with E-state index in [0.717, 1.165) is 11.4 Å². The Morgan fingerprint density at radius 2 is 1.87 bits per heavy atom. The Kier molecular flexibility index (Phi) is 5.18. The second-order valence-electron chi connectivity index (χ2n) is 4.94. The fourth-order valence-corrected chi connectivity index (χ4v) is 2.29. The Balaban J connectivity index is 2.20. The van der Waals surface area contributed by atoms with Crippen molar-refractivity contribution < 1.29 is 9.66 Å². The molecular weight excluding hydrogens is 318 g/mol. The number of nitro groups is 1. The van der Waals surface area contributed by atoms with Crippen molar-refractivity contribution in [1.82, 2.24) is 4.90 Å². The highest BCUT2D eigenvalue weighted by Gasteiger charge is 2.11. The molecule has 0 N–H and O–H groups in total. The summed E-state index contributed by atoms with van der Waals surface area (Å²) in [6, 6.07) is 11.5. The van der Waals surface area contributed by atoms with Crippen LogP contribution >= 0.6 is 11.6 Å². The van der Waals surface area contributed by atoms with Crippen LogP contribution in [0.1, 0.15) is 5.56 Å². The van der Waals surface area contributed by atoms with Crippen LogP contribution in [0.3, 0.4) is 0 Å². The normalized spacial score (nSPS) is 11.2. The van der Waals surface area contributed by atoms with Gasteiger partial charge in [0.15, 0.2) is 0 Å². The van der Waals surface area contributed by atoms with Crippen LogP contribution < -0.4 is 4.74 Å². The van der Waals surface area contributed by atoms with E-state index >= 15 is 0 Å². The molecule has 120 valence electrons. The van der Waals surface area contributed by atoms with Gasteiger partial charge in [0.25, 0.3) is 5.69 Å². The van der Waals surface area contributed by atoms with Gasteiger partial charge in [-0.05, 0) is 30.3 Å². The minimum Gasteiger partial charge on any atom is -0.456 e. The fraction of sp³-hybridized carbons (Fsp3) is 0.188. The lowest BCUT2D eigenvalue weighted by molar-refractivity contribution is -0.384. The summed E-state index contributed by atoms with van der Waals surface area (Å²) in [5.41, 5.74) is 0.882. The number of hydrogen-bond donors (Lipinski definition) is 0. The molecule has 0 aliphatic heterocycles. The average Bonchev–Trinajstić information content (AvgIpc) is 2.51. The lowest BCUT2D eigenvalue weighted by atomic mass is 10.2. The Morgan fingerprint density at radius 3 is 2.35 bits per heavy atom. The van der Waals surface area contributed by atoms with Crippen molar-refractivity contribution >= 4 is 23.1 Å². The zero-order valence-electron chi connectivity index (χ0n) is 13.0. The van der Waals surface area contributed by atoms with Crippen molar-refractivity contribution in [1.29, 1.82) is 0 Å². The van der Waals surface area contributed by atoms with Crippen LogP contribution in [0.4, 0.5) is 5.69 Å². The van der Waals surface area contributed by atoms with E-state index in [1.807, 2.05) is 31.1 Å². The van der Waals surface area contributed by atoms with E-state index < -0.39 is 4.92 Å². The molecule has 0 aromatic heterocycles. The Bertz CT molecular complexity index is 743. The van der Waals surface area contributed by atoms with Crippen LogP contribution in [0.15, 0.2) is 47.5 Å². The van der Waals surface area contributed by atoms with Gasteiger partial charge in [-0.2, -0.15) is 0 Å². The molecule has 0 aliphatic rings. The first-order valence-electron chi connectivity index (χ1n) is 6.78. The molecular formula is C16H16ClN3O3. The highest BCUT2D eigenvalue weighted by Crippen LogP contribution is 2.32. The van der Waals surface area contributed by atoms with Crippen molar-refractivity contribution in [3.63, 3.8) is 0 Å². The number of non-ortho nitro benzene ring substituents is 1. The minimum absolute atomic E-state index is 0.0764. The topological polar surface area (TPSA) is 68.0 Å². The molecule has 0 atom stereocenters. The summed E-state index contributed by atoms with van der Waals surface area (Å²) < 4.78 is 5.66. The molecule has 6 nitrogen and oxygen atoms in total. The predicted molar refractivity (Wildman–Crippen MR) is 90.8 cm³/mol. The lowest BCUT2D eigenvalue weighted by Gasteiger charge is -2.15. The SMILES string of the molecule is CN=C(c1ccc(Oc2ccc([N+](=O)[O-])cc2Cl)cc1)N(C)C. The minimum atomic E-state index is -0.503. The van der Waals surface area contributed by atoms with Crippen molar-refractivity contribution in [3.8, 4) is 11.5 Å². The van der Waals surface area contributed by atoms with Crippen molar-refractivity contribution in [2.24, 2.45) is 4.99 Å². The third-order valence-electron chi connectivity index (χ3n) is 3.10. The Labute approximate surface area is 139 Å². The predicted octanol–water partition coefficient (Wildman–Crippen LogP) is 3.98. The maximum Gasteiger partial charge on any atom is 0.271 e. The second-order valence-corrected chi connectivity index (χ2v) is 5.35. The van der Waals surface area contributed by atoms with Gasteiger partial charge in [0.05, 0.1) is 9.95 Å². The summed E-state index contributed by atoms with van der Waals surface area (Å²) >= 11 is 6.01. The van der Waals surface area contributed by atoms with Gasteiger partial charge in [-0.25, -0.2) is 0 Å². The zero-order chi connectivity index (χ0) is 17.0. The van der Waals surface area contributed by atoms with E-state index in [9.17, 15) is 10.1 Å². The van der Waals surface area contributed by atoms with Gasteiger partial charge in [-0.1, -0.05) is 11.6 Å². The lowest BCUT2D eigenvalue weighted by Crippen LogP contribution is -2.22. The second kappa shape index (κ2) is 7.11. The van der Waals surface area contributed by atoms with Crippen LogP contribution in [-0.2, 0) is 0 Å². The smallest absolute Gasteiger partial charge is 0.271 e. The molecule has 7 heteroatoms. The number of benzene rings is 2. The number of hydrogen-bond acceptors (Lipinski definition) is 4. The van der Waals surface area contributed by atoms with Gasteiger partial charge >= 0.3 is 0 Å². The summed E-state index contributed by atoms with van der Waals surface area (Å²) in [7, 11) is 5.57. The van der Waals surface area contributed by atoms with Gasteiger partial charge in [0.2, 0.25) is 0 Å². The summed E-state index contributed by atoms with van der Waals surface area (Å²) in [6.45, 7) is 0. The molecule has 0 unspecified atom stereocenters. The standard InChI is InChI=1S/C16H16ClN3O3/c1-18-16(19(2)3)11-4-7-13(8-5-11)23-15-9-6-12(20(21)22)10-14(15)17/h4-10H,1-3H3. The van der Waals surface area contributed by atoms with Crippen LogP contribution in [-0.4, -0.2) is 36.8 Å². The molecule has 0 spiro atoms. The molecule has 0 aliphatic carbocycles. The number of rotatable bonds is 4. The molecule has 0 bridgehead atoms. The van der Waals surface area contributed by atoms with Crippen LogP contribution in [0.5, 0.6) is 11.5 Å². The number of nitrogens with zero attached hydrogens (tertiary/aromatic N) is 3. The number of aliphatic imine (C=N–C) groups is 1. The van der Waals surface area contributed by atoms with E-state index in [-0.39, 0.29) is 10.7 Å². The molecule has 0 amide bonds. The fourth-order valence-electron chi connectivity index (χ4n) is 2.07. The molecule has 0 heterocycles. The largest absolute Gasteiger partial charge is 0.456 e. The first kappa shape index (κ1) is 16.8. The Morgan fingerprint density at radius 1 is 1.22 bits per heavy atom. The number of halogens is 1. The molecule has 23 heavy (non-hydrogen) atoms. The van der Waals surface area contributed by atoms with Gasteiger partial charge in [-0.3, -0.25) is 15.1 Å². The first-order valence-corrected chi connectivity index (χ1v) is 7.16. The quantitative estimate of drug-likeness (QED) is 0.367. The molecule has 0 saturated carbocycles. The van der Waals surface area contributed by atoms with Gasteiger partial charge < -0.3 is 9.64 Å². The van der Waals surface area contributed by atoms with Gasteiger partial charge in [-0.15, -0.1) is 0 Å². The molecule has 2 aromatic carbocycles.